The summed E-state index contributed by atoms with van der Waals surface area (Å²) in [5.41, 5.74) is 0.845. The summed E-state index contributed by atoms with van der Waals surface area (Å²) in [6, 6.07) is 7.76. The van der Waals surface area contributed by atoms with Gasteiger partial charge in [0.05, 0.1) is 11.4 Å². The van der Waals surface area contributed by atoms with Crippen LogP contribution in [0.15, 0.2) is 34.3 Å². The number of aryl methyl sites for hydroxylation is 1. The molecule has 0 fully saturated rings. The lowest BCUT2D eigenvalue weighted by molar-refractivity contribution is -0.113. The maximum atomic E-state index is 12.0. The molecule has 112 valence electrons. The summed E-state index contributed by atoms with van der Waals surface area (Å²) in [6.45, 7) is 2.09. The molecule has 2 N–H and O–H groups in total. The van der Waals surface area contributed by atoms with Crippen LogP contribution in [0.3, 0.4) is 0 Å². The Morgan fingerprint density at radius 3 is 2.95 bits per heavy atom. The Bertz CT molecular complexity index is 600. The van der Waals surface area contributed by atoms with Gasteiger partial charge in [0, 0.05) is 11.3 Å². The summed E-state index contributed by atoms with van der Waals surface area (Å²) in [5.74, 6) is 1.11. The Labute approximate surface area is 132 Å². The van der Waals surface area contributed by atoms with Crippen LogP contribution in [0.25, 0.3) is 0 Å². The fourth-order valence-corrected chi connectivity index (χ4v) is 2.93. The monoisotopic (exact) mass is 322 g/mol. The number of amides is 1. The summed E-state index contributed by atoms with van der Waals surface area (Å²) in [4.78, 5) is 17.4. The Balaban J connectivity index is 1.86. The van der Waals surface area contributed by atoms with Crippen molar-refractivity contribution in [1.29, 1.82) is 0 Å². The number of aromatic nitrogens is 3. The van der Waals surface area contributed by atoms with Gasteiger partial charge in [-0.2, -0.15) is 0 Å². The van der Waals surface area contributed by atoms with Crippen molar-refractivity contribution < 1.29 is 4.79 Å². The molecule has 1 heterocycles. The molecule has 0 bridgehead atoms. The SMILES string of the molecule is CCCc1nc(SCC(=O)Nc2ccccc2SC)n[nH]1. The topological polar surface area (TPSA) is 70.7 Å². The van der Waals surface area contributed by atoms with Crippen LogP contribution in [-0.2, 0) is 11.2 Å². The van der Waals surface area contributed by atoms with E-state index in [0.717, 1.165) is 29.2 Å². The molecule has 0 saturated carbocycles. The van der Waals surface area contributed by atoms with E-state index in [1.165, 1.54) is 11.8 Å². The highest BCUT2D eigenvalue weighted by Gasteiger charge is 2.09. The number of anilines is 1. The Morgan fingerprint density at radius 2 is 2.19 bits per heavy atom. The molecule has 1 aromatic heterocycles. The first kappa shape index (κ1) is 15.9. The van der Waals surface area contributed by atoms with Crippen LogP contribution in [0.2, 0.25) is 0 Å². The van der Waals surface area contributed by atoms with Crippen molar-refractivity contribution in [3.63, 3.8) is 0 Å². The van der Waals surface area contributed by atoms with E-state index in [-0.39, 0.29) is 5.91 Å². The van der Waals surface area contributed by atoms with Crippen LogP contribution in [0, 0.1) is 0 Å². The van der Waals surface area contributed by atoms with Gasteiger partial charge in [-0.05, 0) is 24.8 Å². The minimum Gasteiger partial charge on any atom is -0.324 e. The van der Waals surface area contributed by atoms with E-state index < -0.39 is 0 Å². The Morgan fingerprint density at radius 1 is 1.38 bits per heavy atom. The molecule has 21 heavy (non-hydrogen) atoms. The standard InChI is InChI=1S/C14H18N4OS2/c1-3-6-12-16-14(18-17-12)21-9-13(19)15-10-7-4-5-8-11(10)20-2/h4-5,7-8H,3,6,9H2,1-2H3,(H,15,19)(H,16,17,18). The lowest BCUT2D eigenvalue weighted by Gasteiger charge is -2.08. The maximum absolute atomic E-state index is 12.0. The second kappa shape index (κ2) is 8.09. The van der Waals surface area contributed by atoms with Crippen molar-refractivity contribution in [2.45, 2.75) is 29.8 Å². The molecule has 0 atom stereocenters. The van der Waals surface area contributed by atoms with Gasteiger partial charge in [-0.25, -0.2) is 4.98 Å². The first-order chi connectivity index (χ1) is 10.2. The number of H-pyrrole nitrogens is 1. The Kier molecular flexibility index (Phi) is 6.13. The predicted octanol–water partition coefficient (Wildman–Crippen LogP) is 3.21. The number of nitrogens with zero attached hydrogens (tertiary/aromatic N) is 2. The second-order valence-electron chi connectivity index (χ2n) is 4.35. The number of hydrogen-bond donors (Lipinski definition) is 2. The molecule has 0 radical (unpaired) electrons. The summed E-state index contributed by atoms with van der Waals surface area (Å²) in [6.07, 6.45) is 3.88. The summed E-state index contributed by atoms with van der Waals surface area (Å²) >= 11 is 2.95. The third-order valence-corrected chi connectivity index (χ3v) is 4.35. The van der Waals surface area contributed by atoms with Crippen LogP contribution in [0.4, 0.5) is 5.69 Å². The maximum Gasteiger partial charge on any atom is 0.234 e. The van der Waals surface area contributed by atoms with Crippen molar-refractivity contribution in [1.82, 2.24) is 15.2 Å². The number of carbonyl (C=O) groups is 1. The number of rotatable bonds is 7. The van der Waals surface area contributed by atoms with Crippen LogP contribution in [0.1, 0.15) is 19.2 Å². The molecular weight excluding hydrogens is 304 g/mol. The third kappa shape index (κ3) is 4.78. The molecule has 0 aliphatic heterocycles. The van der Waals surface area contributed by atoms with Gasteiger partial charge in [0.15, 0.2) is 0 Å². The highest BCUT2D eigenvalue weighted by Crippen LogP contribution is 2.25. The predicted molar refractivity (Wildman–Crippen MR) is 88.0 cm³/mol. The zero-order valence-electron chi connectivity index (χ0n) is 12.0. The summed E-state index contributed by atoms with van der Waals surface area (Å²) in [7, 11) is 0. The molecule has 0 aliphatic carbocycles. The number of aromatic amines is 1. The average molecular weight is 322 g/mol. The van der Waals surface area contributed by atoms with E-state index >= 15 is 0 Å². The van der Waals surface area contributed by atoms with Crippen molar-refractivity contribution in [2.75, 3.05) is 17.3 Å². The molecule has 0 unspecified atom stereocenters. The molecule has 0 aliphatic rings. The largest absolute Gasteiger partial charge is 0.324 e. The molecule has 0 saturated heterocycles. The van der Waals surface area contributed by atoms with E-state index in [0.29, 0.717) is 10.9 Å². The quantitative estimate of drug-likeness (QED) is 0.766. The van der Waals surface area contributed by atoms with Crippen LogP contribution >= 0.6 is 23.5 Å². The fourth-order valence-electron chi connectivity index (χ4n) is 1.76. The second-order valence-corrected chi connectivity index (χ2v) is 6.14. The van der Waals surface area contributed by atoms with Gasteiger partial charge in [-0.15, -0.1) is 16.9 Å². The molecular formula is C14H18N4OS2. The average Bonchev–Trinajstić information content (AvgIpc) is 2.94. The van der Waals surface area contributed by atoms with Gasteiger partial charge < -0.3 is 5.32 Å². The third-order valence-electron chi connectivity index (χ3n) is 2.71. The minimum atomic E-state index is -0.0525. The number of nitrogens with one attached hydrogen (secondary N) is 2. The number of para-hydroxylation sites is 1. The van der Waals surface area contributed by atoms with Gasteiger partial charge >= 0.3 is 0 Å². The molecule has 2 rings (SSSR count). The van der Waals surface area contributed by atoms with Gasteiger partial charge in [0.2, 0.25) is 11.1 Å². The van der Waals surface area contributed by atoms with E-state index in [1.54, 1.807) is 11.8 Å². The van der Waals surface area contributed by atoms with Crippen molar-refractivity contribution in [2.24, 2.45) is 0 Å². The van der Waals surface area contributed by atoms with E-state index in [9.17, 15) is 4.79 Å². The molecule has 7 heteroatoms. The van der Waals surface area contributed by atoms with Gasteiger partial charge in [-0.1, -0.05) is 30.8 Å². The van der Waals surface area contributed by atoms with Crippen LogP contribution in [0.5, 0.6) is 0 Å². The molecule has 1 aromatic carbocycles. The van der Waals surface area contributed by atoms with Crippen molar-refractivity contribution >= 4 is 35.1 Å². The number of thioether (sulfide) groups is 2. The zero-order valence-corrected chi connectivity index (χ0v) is 13.7. The van der Waals surface area contributed by atoms with E-state index in [2.05, 4.69) is 27.4 Å². The minimum absolute atomic E-state index is 0.0525. The highest BCUT2D eigenvalue weighted by atomic mass is 32.2. The summed E-state index contributed by atoms with van der Waals surface area (Å²) in [5, 5.41) is 10.5. The van der Waals surface area contributed by atoms with Crippen LogP contribution in [-0.4, -0.2) is 33.1 Å². The first-order valence-corrected chi connectivity index (χ1v) is 8.91. The lowest BCUT2D eigenvalue weighted by Crippen LogP contribution is -2.14. The smallest absolute Gasteiger partial charge is 0.234 e. The van der Waals surface area contributed by atoms with E-state index in [1.807, 2.05) is 30.5 Å². The van der Waals surface area contributed by atoms with Crippen molar-refractivity contribution in [3.05, 3.63) is 30.1 Å². The van der Waals surface area contributed by atoms with Crippen LogP contribution < -0.4 is 5.32 Å². The van der Waals surface area contributed by atoms with Gasteiger partial charge in [0.1, 0.15) is 5.82 Å². The fraction of sp³-hybridized carbons (Fsp3) is 0.357. The first-order valence-electron chi connectivity index (χ1n) is 6.70. The number of hydrogen-bond acceptors (Lipinski definition) is 5. The van der Waals surface area contributed by atoms with E-state index in [4.69, 9.17) is 0 Å². The molecule has 0 spiro atoms. The Hall–Kier alpha value is -1.47. The van der Waals surface area contributed by atoms with Crippen molar-refractivity contribution in [3.8, 4) is 0 Å². The molecule has 1 amide bonds. The zero-order chi connectivity index (χ0) is 15.1. The molecule has 2 aromatic rings. The lowest BCUT2D eigenvalue weighted by atomic mass is 10.3. The number of carbonyl (C=O) groups excluding carboxylic acids is 1. The highest BCUT2D eigenvalue weighted by molar-refractivity contribution is 7.99. The van der Waals surface area contributed by atoms with Gasteiger partial charge in [-0.3, -0.25) is 9.89 Å². The summed E-state index contributed by atoms with van der Waals surface area (Å²) < 4.78 is 0. The normalized spacial score (nSPS) is 10.6. The van der Waals surface area contributed by atoms with Gasteiger partial charge in [0.25, 0.3) is 0 Å². The molecule has 5 nitrogen and oxygen atoms in total. The number of benzene rings is 1.